The summed E-state index contributed by atoms with van der Waals surface area (Å²) in [6.07, 6.45) is 0.733. The van der Waals surface area contributed by atoms with Crippen LogP contribution in [0.3, 0.4) is 0 Å². The Balaban J connectivity index is 1.75. The monoisotopic (exact) mass is 437 g/mol. The summed E-state index contributed by atoms with van der Waals surface area (Å²) in [7, 11) is 5.56. The van der Waals surface area contributed by atoms with Gasteiger partial charge in [0, 0.05) is 18.0 Å². The van der Waals surface area contributed by atoms with Crippen LogP contribution in [0.15, 0.2) is 57.7 Å². The van der Waals surface area contributed by atoms with Crippen LogP contribution in [0.5, 0.6) is 5.75 Å². The second-order valence-electron chi connectivity index (χ2n) is 7.43. The van der Waals surface area contributed by atoms with Gasteiger partial charge in [0.25, 0.3) is 5.91 Å². The van der Waals surface area contributed by atoms with Crippen LogP contribution in [-0.2, 0) is 0 Å². The summed E-state index contributed by atoms with van der Waals surface area (Å²) >= 11 is 1.41. The number of nitrogens with zero attached hydrogens (tertiary/aromatic N) is 3. The Kier molecular flexibility index (Phi) is 6.01. The summed E-state index contributed by atoms with van der Waals surface area (Å²) in [4.78, 5) is 34.4. The second-order valence-corrected chi connectivity index (χ2v) is 8.44. The molecular weight excluding hydrogens is 414 g/mol. The van der Waals surface area contributed by atoms with Gasteiger partial charge in [-0.05, 0) is 51.3 Å². The molecule has 31 heavy (non-hydrogen) atoms. The Morgan fingerprint density at radius 1 is 1.13 bits per heavy atom. The van der Waals surface area contributed by atoms with Crippen molar-refractivity contribution in [1.29, 1.82) is 0 Å². The molecule has 2 aromatic carbocycles. The number of hydrogen-bond acceptors (Lipinski definition) is 7. The lowest BCUT2D eigenvalue weighted by molar-refractivity contribution is 0.0982. The fourth-order valence-corrected chi connectivity index (χ4v) is 4.29. The minimum atomic E-state index is -0.649. The Morgan fingerprint density at radius 2 is 1.94 bits per heavy atom. The van der Waals surface area contributed by atoms with Crippen molar-refractivity contribution in [3.8, 4) is 5.75 Å². The third-order valence-corrected chi connectivity index (χ3v) is 5.98. The number of carbonyl (C=O) groups is 1. The van der Waals surface area contributed by atoms with E-state index in [4.69, 9.17) is 9.15 Å². The van der Waals surface area contributed by atoms with Gasteiger partial charge in [-0.15, -0.1) is 0 Å². The molecule has 7 nitrogen and oxygen atoms in total. The number of amides is 1. The quantitative estimate of drug-likeness (QED) is 0.407. The lowest BCUT2D eigenvalue weighted by Gasteiger charge is -2.20. The number of ether oxygens (including phenoxy) is 1. The maximum absolute atomic E-state index is 13.5. The molecular formula is C23H23N3O4S. The topological polar surface area (TPSA) is 75.9 Å². The van der Waals surface area contributed by atoms with Crippen molar-refractivity contribution < 1.29 is 13.9 Å². The summed E-state index contributed by atoms with van der Waals surface area (Å²) in [5.41, 5.74) is 0.551. The molecule has 160 valence electrons. The van der Waals surface area contributed by atoms with Gasteiger partial charge >= 0.3 is 5.63 Å². The van der Waals surface area contributed by atoms with Crippen molar-refractivity contribution in [3.63, 3.8) is 0 Å². The largest absolute Gasteiger partial charge is 0.497 e. The van der Waals surface area contributed by atoms with Crippen molar-refractivity contribution >= 4 is 43.6 Å². The molecule has 4 rings (SSSR count). The minimum Gasteiger partial charge on any atom is -0.497 e. The standard InChI is InChI=1S/C23H23N3O4S/c1-25(2)11-6-12-26(23-24-18-14-16(29-3)9-10-20(18)31-23)21(27)17-13-15-7-4-5-8-19(15)30-22(17)28/h4-5,7-10,13-14H,6,11-12H2,1-3H3. The van der Waals surface area contributed by atoms with Crippen molar-refractivity contribution in [2.45, 2.75) is 6.42 Å². The van der Waals surface area contributed by atoms with Crippen LogP contribution in [0.25, 0.3) is 21.2 Å². The molecule has 1 amide bonds. The van der Waals surface area contributed by atoms with Gasteiger partial charge in [-0.3, -0.25) is 9.69 Å². The van der Waals surface area contributed by atoms with Crippen molar-refractivity contribution in [1.82, 2.24) is 9.88 Å². The molecule has 0 unspecified atom stereocenters. The molecule has 0 fully saturated rings. The fraction of sp³-hybridized carbons (Fsp3) is 0.261. The first-order chi connectivity index (χ1) is 15.0. The fourth-order valence-electron chi connectivity index (χ4n) is 3.32. The van der Waals surface area contributed by atoms with E-state index in [1.807, 2.05) is 44.4 Å². The third-order valence-electron chi connectivity index (χ3n) is 4.92. The zero-order chi connectivity index (χ0) is 22.0. The Labute approximate surface area is 183 Å². The number of fused-ring (bicyclic) bond motifs is 2. The minimum absolute atomic E-state index is 0.000361. The van der Waals surface area contributed by atoms with Crippen LogP contribution in [0.2, 0.25) is 0 Å². The number of hydrogen-bond donors (Lipinski definition) is 0. The van der Waals surface area contributed by atoms with Crippen LogP contribution in [0.4, 0.5) is 5.13 Å². The molecule has 0 aliphatic rings. The van der Waals surface area contributed by atoms with Gasteiger partial charge in [0.05, 0.1) is 17.3 Å². The number of anilines is 1. The van der Waals surface area contributed by atoms with Crippen molar-refractivity contribution in [2.24, 2.45) is 0 Å². The normalized spacial score (nSPS) is 11.4. The first kappa shape index (κ1) is 21.0. The van der Waals surface area contributed by atoms with Crippen LogP contribution in [0.1, 0.15) is 16.8 Å². The highest BCUT2D eigenvalue weighted by Gasteiger charge is 2.24. The molecule has 0 atom stereocenters. The highest BCUT2D eigenvalue weighted by molar-refractivity contribution is 7.22. The predicted molar refractivity (Wildman–Crippen MR) is 124 cm³/mol. The van der Waals surface area contributed by atoms with E-state index < -0.39 is 11.5 Å². The summed E-state index contributed by atoms with van der Waals surface area (Å²) in [5.74, 6) is 0.286. The van der Waals surface area contributed by atoms with Crippen molar-refractivity contribution in [2.75, 3.05) is 39.2 Å². The molecule has 0 aliphatic carbocycles. The van der Waals surface area contributed by atoms with E-state index in [2.05, 4.69) is 9.88 Å². The van der Waals surface area contributed by atoms with Gasteiger partial charge in [0.1, 0.15) is 16.9 Å². The average molecular weight is 438 g/mol. The number of para-hydroxylation sites is 1. The molecule has 0 spiro atoms. The average Bonchev–Trinajstić information content (AvgIpc) is 3.18. The number of benzene rings is 2. The van der Waals surface area contributed by atoms with Gasteiger partial charge < -0.3 is 14.1 Å². The van der Waals surface area contributed by atoms with E-state index in [0.717, 1.165) is 23.2 Å². The Bertz CT molecular complexity index is 1290. The van der Waals surface area contributed by atoms with E-state index >= 15 is 0 Å². The summed E-state index contributed by atoms with van der Waals surface area (Å²) in [6, 6.07) is 14.4. The van der Waals surface area contributed by atoms with Crippen LogP contribution in [-0.4, -0.2) is 50.1 Å². The van der Waals surface area contributed by atoms with Crippen LogP contribution < -0.4 is 15.3 Å². The van der Waals surface area contributed by atoms with Crippen molar-refractivity contribution in [3.05, 3.63) is 64.5 Å². The lowest BCUT2D eigenvalue weighted by Crippen LogP contribution is -2.36. The molecule has 0 radical (unpaired) electrons. The van der Waals surface area contributed by atoms with Gasteiger partial charge in [0.15, 0.2) is 5.13 Å². The maximum Gasteiger partial charge on any atom is 0.349 e. The smallest absolute Gasteiger partial charge is 0.349 e. The summed E-state index contributed by atoms with van der Waals surface area (Å²) in [6.45, 7) is 1.23. The second kappa shape index (κ2) is 8.87. The first-order valence-electron chi connectivity index (χ1n) is 9.90. The zero-order valence-corrected chi connectivity index (χ0v) is 18.4. The van der Waals surface area contributed by atoms with Gasteiger partial charge in [-0.1, -0.05) is 29.5 Å². The SMILES string of the molecule is COc1ccc2sc(N(CCCN(C)C)C(=O)c3cc4ccccc4oc3=O)nc2c1. The molecule has 4 aromatic rings. The first-order valence-corrected chi connectivity index (χ1v) is 10.7. The molecule has 0 saturated heterocycles. The Hall–Kier alpha value is -3.23. The number of methoxy groups -OCH3 is 1. The van der Waals surface area contributed by atoms with Crippen LogP contribution >= 0.6 is 11.3 Å². The highest BCUT2D eigenvalue weighted by Crippen LogP contribution is 2.32. The molecule has 2 heterocycles. The van der Waals surface area contributed by atoms with E-state index in [1.54, 1.807) is 30.2 Å². The lowest BCUT2D eigenvalue weighted by atomic mass is 10.1. The van der Waals surface area contributed by atoms with Gasteiger partial charge in [-0.2, -0.15) is 0 Å². The van der Waals surface area contributed by atoms with Gasteiger partial charge in [0.2, 0.25) is 0 Å². The predicted octanol–water partition coefficient (Wildman–Crippen LogP) is 4.01. The molecule has 0 aliphatic heterocycles. The molecule has 0 bridgehead atoms. The van der Waals surface area contributed by atoms with Crippen LogP contribution in [0, 0.1) is 0 Å². The molecule has 8 heteroatoms. The molecule has 0 N–H and O–H groups in total. The van der Waals surface area contributed by atoms with E-state index in [-0.39, 0.29) is 5.56 Å². The number of thiazole rings is 1. The zero-order valence-electron chi connectivity index (χ0n) is 17.6. The Morgan fingerprint density at radius 3 is 2.71 bits per heavy atom. The number of rotatable bonds is 7. The van der Waals surface area contributed by atoms with E-state index in [0.29, 0.717) is 28.4 Å². The van der Waals surface area contributed by atoms with E-state index in [1.165, 1.54) is 11.3 Å². The highest BCUT2D eigenvalue weighted by atomic mass is 32.1. The van der Waals surface area contributed by atoms with Gasteiger partial charge in [-0.25, -0.2) is 9.78 Å². The molecule has 2 aromatic heterocycles. The van der Waals surface area contributed by atoms with E-state index in [9.17, 15) is 9.59 Å². The summed E-state index contributed by atoms with van der Waals surface area (Å²) in [5, 5.41) is 1.24. The number of aromatic nitrogens is 1. The number of carbonyl (C=O) groups excluding carboxylic acids is 1. The maximum atomic E-state index is 13.5. The third kappa shape index (κ3) is 4.45. The summed E-state index contributed by atoms with van der Waals surface area (Å²) < 4.78 is 11.6. The molecule has 0 saturated carbocycles.